The molecule has 1 aliphatic heterocycles. The molecule has 0 saturated carbocycles. The molecule has 2 rings (SSSR count). The first kappa shape index (κ1) is 15.9. The maximum absolute atomic E-state index is 12.2. The fourth-order valence-corrected chi connectivity index (χ4v) is 4.39. The molecule has 0 bridgehead atoms. The quantitative estimate of drug-likeness (QED) is 0.848. The summed E-state index contributed by atoms with van der Waals surface area (Å²) in [6, 6.07) is 4.30. The molecule has 1 amide bonds. The molecule has 112 valence electrons. The van der Waals surface area contributed by atoms with E-state index in [0.717, 1.165) is 13.1 Å². The van der Waals surface area contributed by atoms with Gasteiger partial charge in [-0.25, -0.2) is 0 Å². The number of carbonyl (C=O) groups excluding carboxylic acids is 1. The largest absolute Gasteiger partial charge is 0.348 e. The SMILES string of the molecule is CC(C)C(NC(=O)CSC1CCNCC1)c1cccs1. The molecule has 3 nitrogen and oxygen atoms in total. The monoisotopic (exact) mass is 312 g/mol. The van der Waals surface area contributed by atoms with Crippen molar-refractivity contribution in [1.29, 1.82) is 0 Å². The molecule has 1 fully saturated rings. The van der Waals surface area contributed by atoms with Gasteiger partial charge in [0.05, 0.1) is 11.8 Å². The van der Waals surface area contributed by atoms with Crippen LogP contribution in [0.15, 0.2) is 17.5 Å². The normalized spacial score (nSPS) is 18.1. The molecule has 1 saturated heterocycles. The van der Waals surface area contributed by atoms with Gasteiger partial charge in [0.25, 0.3) is 0 Å². The van der Waals surface area contributed by atoms with Crippen molar-refractivity contribution in [2.45, 2.75) is 38.0 Å². The molecule has 1 aromatic heterocycles. The third kappa shape index (κ3) is 4.79. The van der Waals surface area contributed by atoms with Gasteiger partial charge in [-0.2, -0.15) is 0 Å². The second kappa shape index (κ2) is 8.05. The fourth-order valence-electron chi connectivity index (χ4n) is 2.41. The van der Waals surface area contributed by atoms with Crippen LogP contribution in [0, 0.1) is 5.92 Å². The van der Waals surface area contributed by atoms with Crippen molar-refractivity contribution in [3.8, 4) is 0 Å². The Bertz CT molecular complexity index is 400. The summed E-state index contributed by atoms with van der Waals surface area (Å²) in [5, 5.41) is 9.26. The first-order valence-electron chi connectivity index (χ1n) is 7.32. The zero-order valence-corrected chi connectivity index (χ0v) is 13.9. The van der Waals surface area contributed by atoms with E-state index in [2.05, 4.69) is 35.9 Å². The number of thioether (sulfide) groups is 1. The second-order valence-corrected chi connectivity index (χ2v) is 7.83. The highest BCUT2D eigenvalue weighted by molar-refractivity contribution is 8.00. The first-order valence-corrected chi connectivity index (χ1v) is 9.24. The molecule has 1 unspecified atom stereocenters. The lowest BCUT2D eigenvalue weighted by Crippen LogP contribution is -2.34. The zero-order valence-electron chi connectivity index (χ0n) is 12.2. The Hall–Kier alpha value is -0.520. The fraction of sp³-hybridized carbons (Fsp3) is 0.667. The molecule has 2 heterocycles. The summed E-state index contributed by atoms with van der Waals surface area (Å²) < 4.78 is 0. The summed E-state index contributed by atoms with van der Waals surface area (Å²) in [5.74, 6) is 1.17. The van der Waals surface area contributed by atoms with Crippen LogP contribution in [0.4, 0.5) is 0 Å². The first-order chi connectivity index (χ1) is 9.66. The van der Waals surface area contributed by atoms with Crippen LogP contribution < -0.4 is 10.6 Å². The highest BCUT2D eigenvalue weighted by Gasteiger charge is 2.20. The number of hydrogen-bond acceptors (Lipinski definition) is 4. The number of carbonyl (C=O) groups is 1. The van der Waals surface area contributed by atoms with Crippen molar-refractivity contribution in [3.05, 3.63) is 22.4 Å². The Kier molecular flexibility index (Phi) is 6.39. The second-order valence-electron chi connectivity index (χ2n) is 5.56. The van der Waals surface area contributed by atoms with Gasteiger partial charge in [-0.05, 0) is 43.3 Å². The van der Waals surface area contributed by atoms with Gasteiger partial charge in [-0.1, -0.05) is 19.9 Å². The van der Waals surface area contributed by atoms with Crippen molar-refractivity contribution >= 4 is 29.0 Å². The van der Waals surface area contributed by atoms with E-state index in [1.54, 1.807) is 11.3 Å². The summed E-state index contributed by atoms with van der Waals surface area (Å²) >= 11 is 3.53. The molecule has 0 aliphatic carbocycles. The highest BCUT2D eigenvalue weighted by Crippen LogP contribution is 2.26. The van der Waals surface area contributed by atoms with Crippen LogP contribution in [0.25, 0.3) is 0 Å². The predicted octanol–water partition coefficient (Wildman–Crippen LogP) is 3.05. The average Bonchev–Trinajstić information content (AvgIpc) is 2.97. The minimum atomic E-state index is 0.149. The van der Waals surface area contributed by atoms with Crippen molar-refractivity contribution < 1.29 is 4.79 Å². The van der Waals surface area contributed by atoms with Gasteiger partial charge in [0, 0.05) is 10.1 Å². The van der Waals surface area contributed by atoms with Gasteiger partial charge >= 0.3 is 0 Å². The van der Waals surface area contributed by atoms with E-state index in [0.29, 0.717) is 16.9 Å². The Morgan fingerprint density at radius 1 is 1.50 bits per heavy atom. The topological polar surface area (TPSA) is 41.1 Å². The van der Waals surface area contributed by atoms with E-state index < -0.39 is 0 Å². The predicted molar refractivity (Wildman–Crippen MR) is 88.4 cm³/mol. The minimum Gasteiger partial charge on any atom is -0.348 e. The number of amides is 1. The van der Waals surface area contributed by atoms with Gasteiger partial charge in [0.1, 0.15) is 0 Å². The number of hydrogen-bond donors (Lipinski definition) is 2. The van der Waals surface area contributed by atoms with Crippen molar-refractivity contribution in [2.75, 3.05) is 18.8 Å². The van der Waals surface area contributed by atoms with Gasteiger partial charge in [0.15, 0.2) is 0 Å². The van der Waals surface area contributed by atoms with Gasteiger partial charge in [-0.15, -0.1) is 23.1 Å². The van der Waals surface area contributed by atoms with Crippen LogP contribution >= 0.6 is 23.1 Å². The summed E-state index contributed by atoms with van der Waals surface area (Å²) in [6.45, 7) is 6.49. The van der Waals surface area contributed by atoms with Crippen LogP contribution in [0.1, 0.15) is 37.6 Å². The maximum Gasteiger partial charge on any atom is 0.230 e. The van der Waals surface area contributed by atoms with Crippen LogP contribution in [-0.2, 0) is 4.79 Å². The Morgan fingerprint density at radius 3 is 2.85 bits per heavy atom. The van der Waals surface area contributed by atoms with Crippen molar-refractivity contribution in [3.63, 3.8) is 0 Å². The van der Waals surface area contributed by atoms with E-state index in [1.165, 1.54) is 17.7 Å². The lowest BCUT2D eigenvalue weighted by molar-refractivity contribution is -0.119. The van der Waals surface area contributed by atoms with E-state index in [1.807, 2.05) is 17.8 Å². The molecule has 0 aromatic carbocycles. The van der Waals surface area contributed by atoms with Crippen LogP contribution in [0.3, 0.4) is 0 Å². The number of thiophene rings is 1. The third-order valence-electron chi connectivity index (χ3n) is 3.57. The molecule has 20 heavy (non-hydrogen) atoms. The third-order valence-corrected chi connectivity index (χ3v) is 5.90. The van der Waals surface area contributed by atoms with E-state index in [9.17, 15) is 4.79 Å². The molecule has 1 atom stereocenters. The molecule has 1 aromatic rings. The van der Waals surface area contributed by atoms with Crippen LogP contribution in [0.2, 0.25) is 0 Å². The maximum atomic E-state index is 12.2. The molecular formula is C15H24N2OS2. The average molecular weight is 313 g/mol. The van der Waals surface area contributed by atoms with E-state index in [4.69, 9.17) is 0 Å². The van der Waals surface area contributed by atoms with E-state index >= 15 is 0 Å². The zero-order chi connectivity index (χ0) is 14.4. The molecule has 1 aliphatic rings. The van der Waals surface area contributed by atoms with Crippen molar-refractivity contribution in [1.82, 2.24) is 10.6 Å². The number of piperidine rings is 1. The van der Waals surface area contributed by atoms with Crippen LogP contribution in [0.5, 0.6) is 0 Å². The Balaban J connectivity index is 1.79. The lowest BCUT2D eigenvalue weighted by atomic mass is 10.0. The molecule has 0 spiro atoms. The number of rotatable bonds is 6. The summed E-state index contributed by atoms with van der Waals surface area (Å²) in [6.07, 6.45) is 2.35. The summed E-state index contributed by atoms with van der Waals surface area (Å²) in [7, 11) is 0. The molecule has 5 heteroatoms. The van der Waals surface area contributed by atoms with E-state index in [-0.39, 0.29) is 11.9 Å². The molecule has 0 radical (unpaired) electrons. The van der Waals surface area contributed by atoms with Gasteiger partial charge in [0.2, 0.25) is 5.91 Å². The van der Waals surface area contributed by atoms with Crippen molar-refractivity contribution in [2.24, 2.45) is 5.92 Å². The standard InChI is InChI=1S/C15H24N2OS2/c1-11(2)15(13-4-3-9-19-13)17-14(18)10-20-12-5-7-16-8-6-12/h3-4,9,11-12,15-16H,5-8,10H2,1-2H3,(H,17,18). The lowest BCUT2D eigenvalue weighted by Gasteiger charge is -2.24. The van der Waals surface area contributed by atoms with Gasteiger partial charge < -0.3 is 10.6 Å². The molecule has 2 N–H and O–H groups in total. The minimum absolute atomic E-state index is 0.149. The van der Waals surface area contributed by atoms with Crippen LogP contribution in [-0.4, -0.2) is 30.0 Å². The Labute approximate surface area is 129 Å². The highest BCUT2D eigenvalue weighted by atomic mass is 32.2. The Morgan fingerprint density at radius 2 is 2.25 bits per heavy atom. The van der Waals surface area contributed by atoms with Gasteiger partial charge in [-0.3, -0.25) is 4.79 Å². The summed E-state index contributed by atoms with van der Waals surface area (Å²) in [5.41, 5.74) is 0. The summed E-state index contributed by atoms with van der Waals surface area (Å²) in [4.78, 5) is 13.4. The number of nitrogens with one attached hydrogen (secondary N) is 2. The smallest absolute Gasteiger partial charge is 0.230 e. The molecular weight excluding hydrogens is 288 g/mol.